The van der Waals surface area contributed by atoms with Gasteiger partial charge in [0.25, 0.3) is 0 Å². The maximum Gasteiger partial charge on any atom is 0.191 e. The van der Waals surface area contributed by atoms with Gasteiger partial charge in [-0.3, -0.25) is 0 Å². The quantitative estimate of drug-likeness (QED) is 0.454. The van der Waals surface area contributed by atoms with E-state index in [2.05, 4.69) is 10.2 Å². The number of halogens is 1. The molecule has 0 fully saturated rings. The molecule has 0 bridgehead atoms. The molecule has 0 N–H and O–H groups in total. The zero-order valence-corrected chi connectivity index (χ0v) is 15.5. The Morgan fingerprint density at radius 3 is 2.36 bits per heavy atom. The standard InChI is InChI=1S/C18H18ClN3O2S/c1-22-17(13-3-5-14(19)6-4-13)20-21-18(22)25-12-11-24-16-9-7-15(23-2)8-10-16/h3-10H,11-12H2,1-2H3. The van der Waals surface area contributed by atoms with Gasteiger partial charge in [-0.1, -0.05) is 23.4 Å². The lowest BCUT2D eigenvalue weighted by molar-refractivity contribution is 0.342. The van der Waals surface area contributed by atoms with Crippen LogP contribution in [0.3, 0.4) is 0 Å². The third-order valence-electron chi connectivity index (χ3n) is 3.58. The van der Waals surface area contributed by atoms with Crippen LogP contribution in [0.25, 0.3) is 11.4 Å². The van der Waals surface area contributed by atoms with E-state index < -0.39 is 0 Å². The fraction of sp³-hybridized carbons (Fsp3) is 0.222. The molecule has 0 aliphatic heterocycles. The summed E-state index contributed by atoms with van der Waals surface area (Å²) in [7, 11) is 3.60. The molecule has 0 aliphatic rings. The van der Waals surface area contributed by atoms with Gasteiger partial charge in [0.2, 0.25) is 0 Å². The number of hydrogen-bond donors (Lipinski definition) is 0. The van der Waals surface area contributed by atoms with Gasteiger partial charge >= 0.3 is 0 Å². The lowest BCUT2D eigenvalue weighted by Gasteiger charge is -2.07. The molecule has 0 saturated carbocycles. The number of aromatic nitrogens is 3. The summed E-state index contributed by atoms with van der Waals surface area (Å²) in [4.78, 5) is 0. The van der Waals surface area contributed by atoms with E-state index in [4.69, 9.17) is 21.1 Å². The summed E-state index contributed by atoms with van der Waals surface area (Å²) < 4.78 is 12.8. The number of methoxy groups -OCH3 is 1. The van der Waals surface area contributed by atoms with Gasteiger partial charge in [0.05, 0.1) is 13.7 Å². The first kappa shape index (κ1) is 17.6. The molecule has 130 valence electrons. The van der Waals surface area contributed by atoms with Crippen LogP contribution in [-0.2, 0) is 7.05 Å². The van der Waals surface area contributed by atoms with Gasteiger partial charge < -0.3 is 14.0 Å². The van der Waals surface area contributed by atoms with Crippen LogP contribution >= 0.6 is 23.4 Å². The first-order valence-electron chi connectivity index (χ1n) is 7.72. The second-order valence-corrected chi connectivity index (χ2v) is 6.74. The molecule has 2 aromatic carbocycles. The minimum absolute atomic E-state index is 0.583. The second-order valence-electron chi connectivity index (χ2n) is 5.24. The third kappa shape index (κ3) is 4.46. The lowest BCUT2D eigenvalue weighted by Crippen LogP contribution is -2.02. The maximum absolute atomic E-state index is 5.93. The van der Waals surface area contributed by atoms with Crippen molar-refractivity contribution in [1.29, 1.82) is 0 Å². The zero-order valence-electron chi connectivity index (χ0n) is 14.0. The summed E-state index contributed by atoms with van der Waals surface area (Å²) >= 11 is 7.53. The molecular formula is C18H18ClN3O2S. The fourth-order valence-corrected chi connectivity index (χ4v) is 3.11. The highest BCUT2D eigenvalue weighted by atomic mass is 35.5. The molecule has 5 nitrogen and oxygen atoms in total. The van der Waals surface area contributed by atoms with Crippen molar-refractivity contribution in [3.63, 3.8) is 0 Å². The number of thioether (sulfide) groups is 1. The van der Waals surface area contributed by atoms with E-state index in [0.717, 1.165) is 33.8 Å². The van der Waals surface area contributed by atoms with E-state index in [-0.39, 0.29) is 0 Å². The van der Waals surface area contributed by atoms with E-state index in [1.54, 1.807) is 18.9 Å². The van der Waals surface area contributed by atoms with Crippen LogP contribution in [0.15, 0.2) is 53.7 Å². The highest BCUT2D eigenvalue weighted by molar-refractivity contribution is 7.99. The lowest BCUT2D eigenvalue weighted by atomic mass is 10.2. The van der Waals surface area contributed by atoms with Gasteiger partial charge in [-0.25, -0.2) is 0 Å². The summed E-state index contributed by atoms with van der Waals surface area (Å²) in [5, 5.41) is 10.1. The average Bonchev–Trinajstić information content (AvgIpc) is 3.01. The summed E-state index contributed by atoms with van der Waals surface area (Å²) in [6, 6.07) is 15.1. The van der Waals surface area contributed by atoms with Crippen molar-refractivity contribution >= 4 is 23.4 Å². The number of ether oxygens (including phenoxy) is 2. The van der Waals surface area contributed by atoms with Crippen molar-refractivity contribution in [3.05, 3.63) is 53.6 Å². The summed E-state index contributed by atoms with van der Waals surface area (Å²) in [5.41, 5.74) is 0.987. The summed E-state index contributed by atoms with van der Waals surface area (Å²) in [6.07, 6.45) is 0. The topological polar surface area (TPSA) is 49.2 Å². The predicted molar refractivity (Wildman–Crippen MR) is 101 cm³/mol. The average molecular weight is 376 g/mol. The number of nitrogens with zero attached hydrogens (tertiary/aromatic N) is 3. The van der Waals surface area contributed by atoms with Crippen molar-refractivity contribution in [1.82, 2.24) is 14.8 Å². The molecule has 0 spiro atoms. The van der Waals surface area contributed by atoms with Crippen molar-refractivity contribution in [2.45, 2.75) is 5.16 Å². The number of rotatable bonds is 7. The van der Waals surface area contributed by atoms with Gasteiger partial charge in [-0.2, -0.15) is 0 Å². The number of hydrogen-bond acceptors (Lipinski definition) is 5. The monoisotopic (exact) mass is 375 g/mol. The number of benzene rings is 2. The Labute approximate surface area is 155 Å². The summed E-state index contributed by atoms with van der Waals surface area (Å²) in [6.45, 7) is 0.583. The molecule has 0 unspecified atom stereocenters. The van der Waals surface area contributed by atoms with Gasteiger partial charge in [0.15, 0.2) is 11.0 Å². The SMILES string of the molecule is COc1ccc(OCCSc2nnc(-c3ccc(Cl)cc3)n2C)cc1. The van der Waals surface area contributed by atoms with Gasteiger partial charge in [-0.05, 0) is 48.5 Å². The zero-order chi connectivity index (χ0) is 17.6. The van der Waals surface area contributed by atoms with Crippen LogP contribution in [0.5, 0.6) is 11.5 Å². The smallest absolute Gasteiger partial charge is 0.191 e. The molecular weight excluding hydrogens is 358 g/mol. The Hall–Kier alpha value is -2.18. The normalized spacial score (nSPS) is 10.7. The molecule has 25 heavy (non-hydrogen) atoms. The van der Waals surface area contributed by atoms with Crippen molar-refractivity contribution in [3.8, 4) is 22.9 Å². The van der Waals surface area contributed by atoms with Crippen LogP contribution in [0, 0.1) is 0 Å². The van der Waals surface area contributed by atoms with E-state index in [0.29, 0.717) is 11.6 Å². The highest BCUT2D eigenvalue weighted by Crippen LogP contribution is 2.24. The molecule has 1 aromatic heterocycles. The predicted octanol–water partition coefficient (Wildman–Crippen LogP) is 4.32. The molecule has 3 aromatic rings. The molecule has 0 atom stereocenters. The third-order valence-corrected chi connectivity index (χ3v) is 4.82. The van der Waals surface area contributed by atoms with Crippen LogP contribution in [-0.4, -0.2) is 34.2 Å². The van der Waals surface area contributed by atoms with Gasteiger partial charge in [-0.15, -0.1) is 10.2 Å². The Bertz CT molecular complexity index is 819. The molecule has 0 saturated heterocycles. The van der Waals surface area contributed by atoms with Gasteiger partial charge in [0, 0.05) is 23.4 Å². The fourth-order valence-electron chi connectivity index (χ4n) is 2.26. The molecule has 3 rings (SSSR count). The van der Waals surface area contributed by atoms with Crippen LogP contribution in [0.4, 0.5) is 0 Å². The Morgan fingerprint density at radius 2 is 1.68 bits per heavy atom. The summed E-state index contributed by atoms with van der Waals surface area (Å²) in [5.74, 6) is 3.23. The van der Waals surface area contributed by atoms with Crippen LogP contribution in [0.1, 0.15) is 0 Å². The Morgan fingerprint density at radius 1 is 1.00 bits per heavy atom. The highest BCUT2D eigenvalue weighted by Gasteiger charge is 2.11. The molecule has 0 aliphatic carbocycles. The minimum Gasteiger partial charge on any atom is -0.497 e. The first-order valence-corrected chi connectivity index (χ1v) is 9.08. The second kappa shape index (κ2) is 8.27. The largest absolute Gasteiger partial charge is 0.497 e. The van der Waals surface area contributed by atoms with Crippen LogP contribution in [0.2, 0.25) is 5.02 Å². The van der Waals surface area contributed by atoms with E-state index in [1.165, 1.54) is 0 Å². The van der Waals surface area contributed by atoms with Crippen molar-refractivity contribution in [2.75, 3.05) is 19.5 Å². The molecule has 7 heteroatoms. The first-order chi connectivity index (χ1) is 12.2. The van der Waals surface area contributed by atoms with Gasteiger partial charge in [0.1, 0.15) is 11.5 Å². The molecule has 0 amide bonds. The van der Waals surface area contributed by atoms with E-state index in [1.807, 2.05) is 60.1 Å². The van der Waals surface area contributed by atoms with E-state index >= 15 is 0 Å². The van der Waals surface area contributed by atoms with E-state index in [9.17, 15) is 0 Å². The van der Waals surface area contributed by atoms with Crippen molar-refractivity contribution < 1.29 is 9.47 Å². The molecule has 1 heterocycles. The van der Waals surface area contributed by atoms with Crippen LogP contribution < -0.4 is 9.47 Å². The minimum atomic E-state index is 0.583. The molecule has 0 radical (unpaired) electrons. The van der Waals surface area contributed by atoms with Crippen molar-refractivity contribution in [2.24, 2.45) is 7.05 Å². The maximum atomic E-state index is 5.93. The Balaban J connectivity index is 1.54. The Kier molecular flexibility index (Phi) is 5.83.